The lowest BCUT2D eigenvalue weighted by atomic mass is 10.1. The molecule has 3 nitrogen and oxygen atoms in total. The minimum atomic E-state index is -4.54. The molecule has 1 heterocycles. The summed E-state index contributed by atoms with van der Waals surface area (Å²) in [5.41, 5.74) is -0.836. The fourth-order valence-corrected chi connectivity index (χ4v) is 2.71. The van der Waals surface area contributed by atoms with Gasteiger partial charge < -0.3 is 10.2 Å². The Labute approximate surface area is 126 Å². The summed E-state index contributed by atoms with van der Waals surface area (Å²) in [6, 6.07) is 3.52. The van der Waals surface area contributed by atoms with Gasteiger partial charge in [-0.3, -0.25) is 4.79 Å². The average Bonchev–Trinajstić information content (AvgIpc) is 2.76. The summed E-state index contributed by atoms with van der Waals surface area (Å²) in [5.74, 6) is -0.288. The largest absolute Gasteiger partial charge is 0.417 e. The highest BCUT2D eigenvalue weighted by Crippen LogP contribution is 2.36. The van der Waals surface area contributed by atoms with Crippen molar-refractivity contribution >= 4 is 23.2 Å². The lowest BCUT2D eigenvalue weighted by Gasteiger charge is -2.19. The van der Waals surface area contributed by atoms with Crippen molar-refractivity contribution in [3.05, 3.63) is 28.8 Å². The van der Waals surface area contributed by atoms with Gasteiger partial charge in [-0.1, -0.05) is 11.6 Å². The fraction of sp³-hybridized carbons (Fsp3) is 0.500. The van der Waals surface area contributed by atoms with Crippen molar-refractivity contribution in [1.82, 2.24) is 4.90 Å². The Kier molecular flexibility index (Phi) is 4.78. The van der Waals surface area contributed by atoms with Crippen LogP contribution in [0.15, 0.2) is 18.2 Å². The third-order valence-electron chi connectivity index (χ3n) is 3.65. The van der Waals surface area contributed by atoms with E-state index in [1.165, 1.54) is 6.07 Å². The first-order chi connectivity index (χ1) is 9.77. The number of hydrogen-bond donors (Lipinski definition) is 1. The van der Waals surface area contributed by atoms with Gasteiger partial charge in [0.1, 0.15) is 0 Å². The second-order valence-corrected chi connectivity index (χ2v) is 5.63. The summed E-state index contributed by atoms with van der Waals surface area (Å²) in [6.07, 6.45) is -2.30. The van der Waals surface area contributed by atoms with E-state index < -0.39 is 11.7 Å². The monoisotopic (exact) mass is 320 g/mol. The molecule has 0 radical (unpaired) electrons. The molecule has 0 aromatic heterocycles. The van der Waals surface area contributed by atoms with E-state index in [9.17, 15) is 18.0 Å². The van der Waals surface area contributed by atoms with Crippen molar-refractivity contribution in [1.29, 1.82) is 0 Å². The highest BCUT2D eigenvalue weighted by Gasteiger charge is 2.33. The van der Waals surface area contributed by atoms with Crippen LogP contribution in [0.1, 0.15) is 24.8 Å². The van der Waals surface area contributed by atoms with Gasteiger partial charge in [0, 0.05) is 18.2 Å². The van der Waals surface area contributed by atoms with E-state index in [1.807, 2.05) is 7.05 Å². The van der Waals surface area contributed by atoms with Crippen LogP contribution in [0.5, 0.6) is 0 Å². The molecule has 1 fully saturated rings. The zero-order valence-corrected chi connectivity index (χ0v) is 12.3. The number of carbonyl (C=O) groups excluding carboxylic acids is 1. The Morgan fingerprint density at radius 1 is 1.48 bits per heavy atom. The minimum absolute atomic E-state index is 0.109. The van der Waals surface area contributed by atoms with E-state index in [0.29, 0.717) is 0 Å². The minimum Gasteiger partial charge on any atom is -0.326 e. The molecule has 1 atom stereocenters. The fourth-order valence-electron chi connectivity index (χ4n) is 2.48. The topological polar surface area (TPSA) is 32.3 Å². The van der Waals surface area contributed by atoms with Crippen molar-refractivity contribution in [3.8, 4) is 0 Å². The molecular formula is C14H16ClF3N2O. The Morgan fingerprint density at radius 3 is 2.76 bits per heavy atom. The van der Waals surface area contributed by atoms with Crippen LogP contribution in [-0.2, 0) is 11.0 Å². The maximum absolute atomic E-state index is 12.7. The molecule has 1 N–H and O–H groups in total. The molecule has 7 heteroatoms. The smallest absolute Gasteiger partial charge is 0.326 e. The second-order valence-electron chi connectivity index (χ2n) is 5.22. The van der Waals surface area contributed by atoms with Gasteiger partial charge in [0.25, 0.3) is 0 Å². The predicted molar refractivity (Wildman–Crippen MR) is 75.4 cm³/mol. The normalized spacial score (nSPS) is 19.8. The van der Waals surface area contributed by atoms with Gasteiger partial charge in [-0.15, -0.1) is 0 Å². The highest BCUT2D eigenvalue weighted by molar-refractivity contribution is 6.31. The van der Waals surface area contributed by atoms with Crippen LogP contribution in [0.4, 0.5) is 18.9 Å². The van der Waals surface area contributed by atoms with Crippen LogP contribution in [-0.4, -0.2) is 30.4 Å². The van der Waals surface area contributed by atoms with Gasteiger partial charge in [0.15, 0.2) is 0 Å². The summed E-state index contributed by atoms with van der Waals surface area (Å²) in [5, 5.41) is 2.13. The molecule has 1 amide bonds. The number of nitrogens with one attached hydrogen (secondary N) is 1. The van der Waals surface area contributed by atoms with Gasteiger partial charge in [0.05, 0.1) is 10.6 Å². The standard InChI is InChI=1S/C14H16ClF3N2O/c1-20-6-2-3-10(20)8-13(21)19-9-4-5-12(15)11(7-9)14(16,17)18/h4-5,7,10H,2-3,6,8H2,1H3,(H,19,21). The number of carbonyl (C=O) groups is 1. The van der Waals surface area contributed by atoms with Crippen molar-refractivity contribution in [3.63, 3.8) is 0 Å². The van der Waals surface area contributed by atoms with Gasteiger partial charge >= 0.3 is 6.18 Å². The van der Waals surface area contributed by atoms with E-state index >= 15 is 0 Å². The molecule has 21 heavy (non-hydrogen) atoms. The number of rotatable bonds is 3. The number of amides is 1. The molecule has 0 bridgehead atoms. The molecule has 1 unspecified atom stereocenters. The van der Waals surface area contributed by atoms with E-state index in [-0.39, 0.29) is 29.1 Å². The first-order valence-corrected chi connectivity index (χ1v) is 7.02. The second kappa shape index (κ2) is 6.23. The van der Waals surface area contributed by atoms with E-state index in [4.69, 9.17) is 11.6 Å². The summed E-state index contributed by atoms with van der Waals surface area (Å²) < 4.78 is 38.2. The third-order valence-corrected chi connectivity index (χ3v) is 3.98. The van der Waals surface area contributed by atoms with Crippen LogP contribution in [0.2, 0.25) is 5.02 Å². The molecule has 116 valence electrons. The van der Waals surface area contributed by atoms with Gasteiger partial charge in [-0.2, -0.15) is 13.2 Å². The molecule has 1 aromatic rings. The molecule has 2 rings (SSSR count). The lowest BCUT2D eigenvalue weighted by molar-refractivity contribution is -0.137. The summed E-state index contributed by atoms with van der Waals surface area (Å²) in [7, 11) is 1.94. The van der Waals surface area contributed by atoms with Crippen LogP contribution in [0.25, 0.3) is 0 Å². The van der Waals surface area contributed by atoms with Crippen molar-refractivity contribution in [2.24, 2.45) is 0 Å². The Balaban J connectivity index is 2.04. The number of alkyl halides is 3. The zero-order valence-electron chi connectivity index (χ0n) is 11.5. The molecule has 1 aromatic carbocycles. The lowest BCUT2D eigenvalue weighted by Crippen LogP contribution is -2.29. The molecule has 1 saturated heterocycles. The average molecular weight is 321 g/mol. The third kappa shape index (κ3) is 4.11. The molecule has 0 saturated carbocycles. The van der Waals surface area contributed by atoms with E-state index in [2.05, 4.69) is 10.2 Å². The molecule has 0 aliphatic carbocycles. The maximum Gasteiger partial charge on any atom is 0.417 e. The number of hydrogen-bond acceptors (Lipinski definition) is 2. The number of benzene rings is 1. The first kappa shape index (κ1) is 16.1. The van der Waals surface area contributed by atoms with E-state index in [1.54, 1.807) is 0 Å². The summed E-state index contributed by atoms with van der Waals surface area (Å²) in [4.78, 5) is 14.0. The number of likely N-dealkylation sites (tertiary alicyclic amines) is 1. The predicted octanol–water partition coefficient (Wildman–Crippen LogP) is 3.78. The van der Waals surface area contributed by atoms with Crippen LogP contribution in [0, 0.1) is 0 Å². The van der Waals surface area contributed by atoms with E-state index in [0.717, 1.165) is 31.5 Å². The van der Waals surface area contributed by atoms with Crippen molar-refractivity contribution in [2.45, 2.75) is 31.5 Å². The highest BCUT2D eigenvalue weighted by atomic mass is 35.5. The molecule has 1 aliphatic rings. The SMILES string of the molecule is CN1CCCC1CC(=O)Nc1ccc(Cl)c(C(F)(F)F)c1. The Bertz CT molecular complexity index is 533. The van der Waals surface area contributed by atoms with Gasteiger partial charge in [-0.05, 0) is 44.6 Å². The molecule has 0 spiro atoms. The van der Waals surface area contributed by atoms with Crippen molar-refractivity contribution in [2.75, 3.05) is 18.9 Å². The van der Waals surface area contributed by atoms with Crippen LogP contribution < -0.4 is 5.32 Å². The molecular weight excluding hydrogens is 305 g/mol. The quantitative estimate of drug-likeness (QED) is 0.919. The summed E-state index contributed by atoms with van der Waals surface area (Å²) in [6.45, 7) is 0.942. The summed E-state index contributed by atoms with van der Waals surface area (Å²) >= 11 is 5.53. The van der Waals surface area contributed by atoms with Gasteiger partial charge in [-0.25, -0.2) is 0 Å². The van der Waals surface area contributed by atoms with Crippen LogP contribution >= 0.6 is 11.6 Å². The Hall–Kier alpha value is -1.27. The van der Waals surface area contributed by atoms with Gasteiger partial charge in [0.2, 0.25) is 5.91 Å². The number of anilines is 1. The van der Waals surface area contributed by atoms with Crippen LogP contribution in [0.3, 0.4) is 0 Å². The first-order valence-electron chi connectivity index (χ1n) is 6.64. The molecule has 1 aliphatic heterocycles. The number of halogens is 4. The number of nitrogens with zero attached hydrogens (tertiary/aromatic N) is 1. The van der Waals surface area contributed by atoms with Crippen molar-refractivity contribution < 1.29 is 18.0 Å². The zero-order chi connectivity index (χ0) is 15.6. The maximum atomic E-state index is 12.7. The Morgan fingerprint density at radius 2 is 2.19 bits per heavy atom.